The van der Waals surface area contributed by atoms with Gasteiger partial charge in [0.1, 0.15) is 6.61 Å². The first kappa shape index (κ1) is 15.2. The predicted molar refractivity (Wildman–Crippen MR) is 68.4 cm³/mol. The first-order valence-corrected chi connectivity index (χ1v) is 6.52. The van der Waals surface area contributed by atoms with Gasteiger partial charge >= 0.3 is 5.97 Å². The first-order chi connectivity index (χ1) is 7.70. The van der Waals surface area contributed by atoms with Crippen LogP contribution in [0.15, 0.2) is 11.6 Å². The Morgan fingerprint density at radius 2 is 1.81 bits per heavy atom. The predicted octanol–water partition coefficient (Wildman–Crippen LogP) is 4.25. The molecule has 0 spiro atoms. The summed E-state index contributed by atoms with van der Waals surface area (Å²) in [6, 6.07) is 0. The van der Waals surface area contributed by atoms with Crippen LogP contribution in [0, 0.1) is 0 Å². The molecule has 2 heteroatoms. The molecule has 0 saturated carbocycles. The second-order valence-electron chi connectivity index (χ2n) is 4.20. The number of esters is 1. The van der Waals surface area contributed by atoms with Crippen LogP contribution >= 0.6 is 0 Å². The third-order valence-electron chi connectivity index (χ3n) is 2.66. The van der Waals surface area contributed by atoms with Gasteiger partial charge in [0.25, 0.3) is 0 Å². The van der Waals surface area contributed by atoms with E-state index in [1.165, 1.54) is 44.6 Å². The Labute approximate surface area is 100 Å². The van der Waals surface area contributed by atoms with E-state index in [0.717, 1.165) is 12.8 Å². The summed E-state index contributed by atoms with van der Waals surface area (Å²) in [5, 5.41) is 0. The normalized spacial score (nSPS) is 11.6. The molecule has 0 N–H and O–H groups in total. The molecule has 2 nitrogen and oxygen atoms in total. The van der Waals surface area contributed by atoms with E-state index in [0.29, 0.717) is 6.61 Å². The summed E-state index contributed by atoms with van der Waals surface area (Å²) < 4.78 is 4.98. The summed E-state index contributed by atoms with van der Waals surface area (Å²) >= 11 is 0. The van der Waals surface area contributed by atoms with Crippen LogP contribution in [0.4, 0.5) is 0 Å². The molecule has 0 unspecified atom stereocenters. The van der Waals surface area contributed by atoms with Crippen LogP contribution in [0.2, 0.25) is 0 Å². The molecule has 0 amide bonds. The monoisotopic (exact) mass is 226 g/mol. The minimum Gasteiger partial charge on any atom is -0.461 e. The molecule has 0 heterocycles. The maximum Gasteiger partial charge on any atom is 0.302 e. The van der Waals surface area contributed by atoms with Crippen molar-refractivity contribution in [1.82, 2.24) is 0 Å². The summed E-state index contributed by atoms with van der Waals surface area (Å²) in [5.74, 6) is -0.192. The molecule has 0 aromatic heterocycles. The summed E-state index contributed by atoms with van der Waals surface area (Å²) in [6.07, 6.45) is 10.9. The molecule has 0 aliphatic heterocycles. The quantitative estimate of drug-likeness (QED) is 0.334. The van der Waals surface area contributed by atoms with E-state index in [1.54, 1.807) is 0 Å². The van der Waals surface area contributed by atoms with Crippen molar-refractivity contribution in [2.75, 3.05) is 6.61 Å². The zero-order valence-corrected chi connectivity index (χ0v) is 11.1. The molecule has 0 saturated heterocycles. The van der Waals surface area contributed by atoms with Gasteiger partial charge < -0.3 is 4.74 Å². The number of hydrogen-bond acceptors (Lipinski definition) is 2. The fourth-order valence-corrected chi connectivity index (χ4v) is 1.55. The molecule has 0 aromatic rings. The molecule has 0 bridgehead atoms. The lowest BCUT2D eigenvalue weighted by molar-refractivity contribution is -0.140. The minimum atomic E-state index is -0.192. The fraction of sp³-hybridized carbons (Fsp3) is 0.786. The SMILES string of the molecule is CCCCCCC/C=C(\CC)COC(C)=O. The van der Waals surface area contributed by atoms with Crippen molar-refractivity contribution in [3.63, 3.8) is 0 Å². The fourth-order valence-electron chi connectivity index (χ4n) is 1.55. The van der Waals surface area contributed by atoms with Crippen LogP contribution in [0.1, 0.15) is 65.7 Å². The highest BCUT2D eigenvalue weighted by molar-refractivity contribution is 5.66. The second-order valence-corrected chi connectivity index (χ2v) is 4.20. The summed E-state index contributed by atoms with van der Waals surface area (Å²) in [7, 11) is 0. The van der Waals surface area contributed by atoms with Crippen molar-refractivity contribution in [3.8, 4) is 0 Å². The van der Waals surface area contributed by atoms with Gasteiger partial charge in [-0.1, -0.05) is 45.6 Å². The van der Waals surface area contributed by atoms with Gasteiger partial charge in [0.15, 0.2) is 0 Å². The van der Waals surface area contributed by atoms with E-state index in [4.69, 9.17) is 4.74 Å². The van der Waals surface area contributed by atoms with Crippen LogP contribution in [0.3, 0.4) is 0 Å². The van der Waals surface area contributed by atoms with E-state index in [2.05, 4.69) is 19.9 Å². The van der Waals surface area contributed by atoms with Gasteiger partial charge in [-0.2, -0.15) is 0 Å². The van der Waals surface area contributed by atoms with Crippen LogP contribution < -0.4 is 0 Å². The first-order valence-electron chi connectivity index (χ1n) is 6.52. The molecule has 0 fully saturated rings. The van der Waals surface area contributed by atoms with Gasteiger partial charge in [-0.15, -0.1) is 0 Å². The van der Waals surface area contributed by atoms with Crippen LogP contribution in [0.5, 0.6) is 0 Å². The van der Waals surface area contributed by atoms with Gasteiger partial charge in [0.05, 0.1) is 0 Å². The van der Waals surface area contributed by atoms with E-state index in [1.807, 2.05) is 0 Å². The van der Waals surface area contributed by atoms with Gasteiger partial charge in [-0.25, -0.2) is 0 Å². The Balaban J connectivity index is 3.59. The minimum absolute atomic E-state index is 0.192. The molecule has 0 aliphatic rings. The van der Waals surface area contributed by atoms with Gasteiger partial charge in [0.2, 0.25) is 0 Å². The maximum absolute atomic E-state index is 10.7. The van der Waals surface area contributed by atoms with Crippen LogP contribution in [0.25, 0.3) is 0 Å². The topological polar surface area (TPSA) is 26.3 Å². The van der Waals surface area contributed by atoms with Crippen molar-refractivity contribution in [3.05, 3.63) is 11.6 Å². The molecular weight excluding hydrogens is 200 g/mol. The molecule has 16 heavy (non-hydrogen) atoms. The molecule has 94 valence electrons. The number of ether oxygens (including phenoxy) is 1. The highest BCUT2D eigenvalue weighted by Gasteiger charge is 1.97. The Bertz CT molecular complexity index is 207. The number of carbonyl (C=O) groups is 1. The largest absolute Gasteiger partial charge is 0.461 e. The highest BCUT2D eigenvalue weighted by Crippen LogP contribution is 2.09. The zero-order valence-electron chi connectivity index (χ0n) is 11.1. The average Bonchev–Trinajstić information content (AvgIpc) is 2.27. The van der Waals surface area contributed by atoms with Gasteiger partial charge in [-0.05, 0) is 24.8 Å². The Kier molecular flexibility index (Phi) is 10.2. The highest BCUT2D eigenvalue weighted by atomic mass is 16.5. The van der Waals surface area contributed by atoms with Crippen molar-refractivity contribution in [1.29, 1.82) is 0 Å². The molecule has 0 aliphatic carbocycles. The van der Waals surface area contributed by atoms with Crippen molar-refractivity contribution in [2.45, 2.75) is 65.7 Å². The lowest BCUT2D eigenvalue weighted by Gasteiger charge is -2.05. The average molecular weight is 226 g/mol. The Hall–Kier alpha value is -0.790. The maximum atomic E-state index is 10.7. The molecule has 0 rings (SSSR count). The summed E-state index contributed by atoms with van der Waals surface area (Å²) in [4.78, 5) is 10.7. The molecule has 0 atom stereocenters. The number of rotatable bonds is 9. The molecule has 0 radical (unpaired) electrons. The summed E-state index contributed by atoms with van der Waals surface area (Å²) in [5.41, 5.74) is 1.24. The van der Waals surface area contributed by atoms with Gasteiger partial charge in [-0.3, -0.25) is 4.79 Å². The van der Waals surface area contributed by atoms with Crippen LogP contribution in [-0.4, -0.2) is 12.6 Å². The zero-order chi connectivity index (χ0) is 12.2. The van der Waals surface area contributed by atoms with Crippen molar-refractivity contribution < 1.29 is 9.53 Å². The number of unbranched alkanes of at least 4 members (excludes halogenated alkanes) is 5. The molecular formula is C14H26O2. The van der Waals surface area contributed by atoms with Gasteiger partial charge in [0, 0.05) is 6.92 Å². The van der Waals surface area contributed by atoms with Crippen LogP contribution in [-0.2, 0) is 9.53 Å². The standard InChI is InChI=1S/C14H26O2/c1-4-6-7-8-9-10-11-14(5-2)12-16-13(3)15/h11H,4-10,12H2,1-3H3/b14-11+. The van der Waals surface area contributed by atoms with Crippen molar-refractivity contribution in [2.24, 2.45) is 0 Å². The second kappa shape index (κ2) is 10.7. The van der Waals surface area contributed by atoms with Crippen molar-refractivity contribution >= 4 is 5.97 Å². The van der Waals surface area contributed by atoms with E-state index < -0.39 is 0 Å². The number of allylic oxidation sites excluding steroid dienone is 1. The Morgan fingerprint density at radius 3 is 2.38 bits per heavy atom. The third-order valence-corrected chi connectivity index (χ3v) is 2.66. The Morgan fingerprint density at radius 1 is 1.12 bits per heavy atom. The lowest BCUT2D eigenvalue weighted by atomic mass is 10.1. The van der Waals surface area contributed by atoms with E-state index in [9.17, 15) is 4.79 Å². The molecule has 0 aromatic carbocycles. The smallest absolute Gasteiger partial charge is 0.302 e. The summed E-state index contributed by atoms with van der Waals surface area (Å²) in [6.45, 7) is 6.26. The lowest BCUT2D eigenvalue weighted by Crippen LogP contribution is -2.02. The van der Waals surface area contributed by atoms with E-state index >= 15 is 0 Å². The number of carbonyl (C=O) groups excluding carboxylic acids is 1. The van der Waals surface area contributed by atoms with E-state index in [-0.39, 0.29) is 5.97 Å². The number of hydrogen-bond donors (Lipinski definition) is 0. The third kappa shape index (κ3) is 9.75.